The van der Waals surface area contributed by atoms with Crippen LogP contribution in [-0.4, -0.2) is 64.9 Å². The number of nitrogens with one attached hydrogen (secondary N) is 3. The SMILES string of the molecule is CC/C(=N\N)NC(=O)c1cc(NC(=O)c2cc(NC(=O)C[N+](C)(C)C)cn2C)cn1C.Cl.[Cl-]. The molecular weight excluding hydrogens is 471 g/mol. The van der Waals surface area contributed by atoms with Crippen molar-refractivity contribution in [2.75, 3.05) is 38.3 Å². The molecule has 0 aliphatic rings. The molecule has 0 aliphatic carbocycles. The molecule has 0 saturated carbocycles. The van der Waals surface area contributed by atoms with Crippen molar-refractivity contribution in [2.24, 2.45) is 25.0 Å². The smallest absolute Gasteiger partial charge is 0.279 e. The molecule has 2 aromatic heterocycles. The number of nitrogens with zero attached hydrogens (tertiary/aromatic N) is 4. The zero-order chi connectivity index (χ0) is 23.3. The fourth-order valence-electron chi connectivity index (χ4n) is 2.95. The molecule has 2 rings (SSSR count). The highest BCUT2D eigenvalue weighted by molar-refractivity contribution is 6.08. The summed E-state index contributed by atoms with van der Waals surface area (Å²) < 4.78 is 3.71. The lowest BCUT2D eigenvalue weighted by Gasteiger charge is -2.22. The van der Waals surface area contributed by atoms with Gasteiger partial charge in [0.05, 0.1) is 32.5 Å². The third-order valence-corrected chi connectivity index (χ3v) is 4.38. The van der Waals surface area contributed by atoms with E-state index in [0.29, 0.717) is 46.0 Å². The van der Waals surface area contributed by atoms with Crippen molar-refractivity contribution in [1.29, 1.82) is 0 Å². The second-order valence-corrected chi connectivity index (χ2v) is 8.28. The fourth-order valence-corrected chi connectivity index (χ4v) is 2.95. The van der Waals surface area contributed by atoms with Crippen molar-refractivity contribution < 1.29 is 31.3 Å². The van der Waals surface area contributed by atoms with Gasteiger partial charge in [0.1, 0.15) is 17.2 Å². The van der Waals surface area contributed by atoms with Crippen LogP contribution >= 0.6 is 12.4 Å². The number of hydrazone groups is 1. The highest BCUT2D eigenvalue weighted by atomic mass is 35.5. The molecule has 0 radical (unpaired) electrons. The van der Waals surface area contributed by atoms with Crippen LogP contribution in [0.5, 0.6) is 0 Å². The number of quaternary nitrogens is 1. The summed E-state index contributed by atoms with van der Waals surface area (Å²) in [5.74, 6) is 4.71. The standard InChI is InChI=1S/C20H30N8O3.2ClH/c1-7-17(25-21)24-20(31)16-9-14(11-27(16)3)23-19(30)15-8-13(10-26(15)2)22-18(29)12-28(4,5)6;;/h8-11H,7,12,21H2,1-6H3,(H2-,22,23,24,25,29,30,31);2*1H. The number of likely N-dealkylation sites (N-methyl/N-ethyl adjacent to an activating group) is 1. The van der Waals surface area contributed by atoms with Crippen LogP contribution in [0.2, 0.25) is 0 Å². The third kappa shape index (κ3) is 8.44. The number of amides is 3. The Balaban J connectivity index is 0.00000512. The van der Waals surface area contributed by atoms with Gasteiger partial charge in [-0.05, 0) is 12.1 Å². The minimum absolute atomic E-state index is 0. The molecule has 3 amide bonds. The first-order valence-electron chi connectivity index (χ1n) is 9.76. The van der Waals surface area contributed by atoms with E-state index in [1.165, 1.54) is 0 Å². The Morgan fingerprint density at radius 2 is 1.45 bits per heavy atom. The number of rotatable bonds is 7. The number of aromatic nitrogens is 2. The molecule has 33 heavy (non-hydrogen) atoms. The number of halogens is 2. The molecule has 0 bridgehead atoms. The molecule has 0 spiro atoms. The Bertz CT molecular complexity index is 1020. The first kappa shape index (κ1) is 30.0. The monoisotopic (exact) mass is 502 g/mol. The number of carbonyl (C=O) groups is 3. The van der Waals surface area contributed by atoms with Crippen LogP contribution in [-0.2, 0) is 18.9 Å². The number of hydrogen-bond donors (Lipinski definition) is 4. The molecule has 5 N–H and O–H groups in total. The summed E-state index contributed by atoms with van der Waals surface area (Å²) in [6.45, 7) is 2.13. The number of carbonyl (C=O) groups excluding carboxylic acids is 3. The number of anilines is 2. The first-order chi connectivity index (χ1) is 14.4. The molecule has 0 fully saturated rings. The van der Waals surface area contributed by atoms with E-state index in [2.05, 4.69) is 21.1 Å². The zero-order valence-electron chi connectivity index (χ0n) is 19.6. The molecule has 11 nitrogen and oxygen atoms in total. The quantitative estimate of drug-likeness (QED) is 0.115. The van der Waals surface area contributed by atoms with Crippen LogP contribution in [0.25, 0.3) is 0 Å². The van der Waals surface area contributed by atoms with Gasteiger partial charge in [0.25, 0.3) is 17.7 Å². The maximum Gasteiger partial charge on any atom is 0.279 e. The Hall–Kier alpha value is -3.02. The Morgan fingerprint density at radius 1 is 0.970 bits per heavy atom. The lowest BCUT2D eigenvalue weighted by molar-refractivity contribution is -0.861. The van der Waals surface area contributed by atoms with E-state index in [9.17, 15) is 14.4 Å². The van der Waals surface area contributed by atoms with Gasteiger partial charge in [0.15, 0.2) is 6.54 Å². The minimum Gasteiger partial charge on any atom is -1.00 e. The van der Waals surface area contributed by atoms with Crippen LogP contribution in [0.3, 0.4) is 0 Å². The summed E-state index contributed by atoms with van der Waals surface area (Å²) in [5.41, 5.74) is 1.69. The Morgan fingerprint density at radius 3 is 1.91 bits per heavy atom. The molecule has 13 heteroatoms. The van der Waals surface area contributed by atoms with Gasteiger partial charge in [-0.1, -0.05) is 6.92 Å². The van der Waals surface area contributed by atoms with Crippen LogP contribution in [0, 0.1) is 0 Å². The normalized spacial score (nSPS) is 11.2. The summed E-state index contributed by atoms with van der Waals surface area (Å²) in [7, 11) is 9.17. The average molecular weight is 503 g/mol. The van der Waals surface area contributed by atoms with Gasteiger partial charge in [-0.2, -0.15) is 5.10 Å². The van der Waals surface area contributed by atoms with E-state index >= 15 is 0 Å². The molecule has 0 saturated heterocycles. The highest BCUT2D eigenvalue weighted by Gasteiger charge is 2.19. The predicted molar refractivity (Wildman–Crippen MR) is 127 cm³/mol. The molecule has 184 valence electrons. The summed E-state index contributed by atoms with van der Waals surface area (Å²) in [5, 5.41) is 11.7. The Kier molecular flexibility index (Phi) is 11.2. The van der Waals surface area contributed by atoms with Crippen LogP contribution in [0.15, 0.2) is 29.6 Å². The molecule has 2 aromatic rings. The number of hydrogen-bond acceptors (Lipinski definition) is 5. The average Bonchev–Trinajstić information content (AvgIpc) is 3.19. The van der Waals surface area contributed by atoms with Gasteiger partial charge >= 0.3 is 0 Å². The van der Waals surface area contributed by atoms with E-state index < -0.39 is 0 Å². The highest BCUT2D eigenvalue weighted by Crippen LogP contribution is 2.17. The third-order valence-electron chi connectivity index (χ3n) is 4.38. The summed E-state index contributed by atoms with van der Waals surface area (Å²) >= 11 is 0. The summed E-state index contributed by atoms with van der Waals surface area (Å²) in [4.78, 5) is 37.3. The molecule has 0 atom stereocenters. The maximum absolute atomic E-state index is 12.7. The first-order valence-corrected chi connectivity index (χ1v) is 9.76. The largest absolute Gasteiger partial charge is 1.00 e. The van der Waals surface area contributed by atoms with Gasteiger partial charge < -0.3 is 47.8 Å². The zero-order valence-corrected chi connectivity index (χ0v) is 21.2. The van der Waals surface area contributed by atoms with Crippen molar-refractivity contribution >= 4 is 47.3 Å². The number of amidine groups is 1. The van der Waals surface area contributed by atoms with Crippen molar-refractivity contribution in [3.63, 3.8) is 0 Å². The van der Waals surface area contributed by atoms with Crippen molar-refractivity contribution in [3.8, 4) is 0 Å². The van der Waals surface area contributed by atoms with Crippen LogP contribution < -0.4 is 34.2 Å². The van der Waals surface area contributed by atoms with E-state index in [1.807, 2.05) is 28.1 Å². The van der Waals surface area contributed by atoms with Crippen molar-refractivity contribution in [3.05, 3.63) is 35.9 Å². The molecule has 0 aromatic carbocycles. The van der Waals surface area contributed by atoms with Gasteiger partial charge in [-0.25, -0.2) is 0 Å². The molecule has 2 heterocycles. The van der Waals surface area contributed by atoms with E-state index in [1.54, 1.807) is 47.8 Å². The minimum atomic E-state index is -0.379. The summed E-state index contributed by atoms with van der Waals surface area (Å²) in [6.07, 6.45) is 3.78. The second-order valence-electron chi connectivity index (χ2n) is 8.28. The number of nitrogens with two attached hydrogens (primary N) is 1. The van der Waals surface area contributed by atoms with Crippen molar-refractivity contribution in [1.82, 2.24) is 14.5 Å². The van der Waals surface area contributed by atoms with Gasteiger partial charge in [-0.3, -0.25) is 14.4 Å². The van der Waals surface area contributed by atoms with Gasteiger partial charge in [0, 0.05) is 32.9 Å². The van der Waals surface area contributed by atoms with Gasteiger partial charge in [-0.15, -0.1) is 12.4 Å². The lowest BCUT2D eigenvalue weighted by Crippen LogP contribution is -3.00. The van der Waals surface area contributed by atoms with Crippen LogP contribution in [0.1, 0.15) is 34.3 Å². The van der Waals surface area contributed by atoms with E-state index in [-0.39, 0.29) is 42.5 Å². The molecule has 0 aliphatic heterocycles. The molecular formula is C20H32Cl2N8O3. The number of aryl methyl sites for hydroxylation is 2. The topological polar surface area (TPSA) is 136 Å². The van der Waals surface area contributed by atoms with Crippen molar-refractivity contribution in [2.45, 2.75) is 13.3 Å². The predicted octanol–water partition coefficient (Wildman–Crippen LogP) is -1.90. The van der Waals surface area contributed by atoms with E-state index in [0.717, 1.165) is 0 Å². The lowest BCUT2D eigenvalue weighted by atomic mass is 10.3. The van der Waals surface area contributed by atoms with E-state index in [4.69, 9.17) is 5.84 Å². The van der Waals surface area contributed by atoms with Crippen LogP contribution in [0.4, 0.5) is 11.4 Å². The van der Waals surface area contributed by atoms with Gasteiger partial charge in [0.2, 0.25) is 0 Å². The Labute approximate surface area is 205 Å². The fraction of sp³-hybridized carbons (Fsp3) is 0.400. The maximum atomic E-state index is 12.7. The summed E-state index contributed by atoms with van der Waals surface area (Å²) in [6, 6.07) is 3.16. The second kappa shape index (κ2) is 12.3. The molecule has 0 unspecified atom stereocenters.